The Morgan fingerprint density at radius 2 is 2.07 bits per heavy atom. The maximum absolute atomic E-state index is 11.4. The van der Waals surface area contributed by atoms with Crippen LogP contribution in [-0.4, -0.2) is 28.7 Å². The second-order valence-corrected chi connectivity index (χ2v) is 4.31. The zero-order valence-corrected chi connectivity index (χ0v) is 9.17. The molecule has 1 atom stereocenters. The van der Waals surface area contributed by atoms with E-state index in [1.54, 1.807) is 6.92 Å². The number of amides is 2. The molecule has 0 heterocycles. The van der Waals surface area contributed by atoms with Crippen LogP contribution in [-0.2, 0) is 4.79 Å². The second-order valence-electron chi connectivity index (χ2n) is 4.31. The number of nitrogens with one attached hydrogen (secondary N) is 2. The lowest BCUT2D eigenvalue weighted by Crippen LogP contribution is -2.56. The summed E-state index contributed by atoms with van der Waals surface area (Å²) in [6.45, 7) is 3.70. The van der Waals surface area contributed by atoms with Gasteiger partial charge in [0.1, 0.15) is 6.04 Å². The van der Waals surface area contributed by atoms with E-state index in [1.807, 2.05) is 6.92 Å². The highest BCUT2D eigenvalue weighted by atomic mass is 16.4. The largest absolute Gasteiger partial charge is 0.480 e. The zero-order valence-electron chi connectivity index (χ0n) is 9.17. The molecule has 1 fully saturated rings. The average Bonchev–Trinajstić information content (AvgIpc) is 2.11. The predicted molar refractivity (Wildman–Crippen MR) is 55.6 cm³/mol. The third kappa shape index (κ3) is 3.11. The van der Waals surface area contributed by atoms with Crippen LogP contribution in [0.3, 0.4) is 0 Å². The van der Waals surface area contributed by atoms with Gasteiger partial charge in [-0.15, -0.1) is 0 Å². The predicted octanol–water partition coefficient (Wildman–Crippen LogP) is 1.09. The van der Waals surface area contributed by atoms with Crippen molar-refractivity contribution in [3.8, 4) is 0 Å². The van der Waals surface area contributed by atoms with E-state index in [0.29, 0.717) is 6.42 Å². The molecule has 15 heavy (non-hydrogen) atoms. The molecule has 0 aliphatic heterocycles. The Hall–Kier alpha value is -1.26. The van der Waals surface area contributed by atoms with E-state index in [9.17, 15) is 9.59 Å². The summed E-state index contributed by atoms with van der Waals surface area (Å²) in [7, 11) is 0. The molecule has 0 bridgehead atoms. The summed E-state index contributed by atoms with van der Waals surface area (Å²) in [6.07, 6.45) is 3.43. The highest BCUT2D eigenvalue weighted by Crippen LogP contribution is 2.30. The molecule has 3 N–H and O–H groups in total. The highest BCUT2D eigenvalue weighted by molar-refractivity contribution is 5.82. The van der Waals surface area contributed by atoms with Gasteiger partial charge in [0, 0.05) is 5.54 Å². The highest BCUT2D eigenvalue weighted by Gasteiger charge is 2.33. The molecule has 0 unspecified atom stereocenters. The molecule has 1 saturated carbocycles. The molecule has 5 nitrogen and oxygen atoms in total. The molecule has 1 rings (SSSR count). The van der Waals surface area contributed by atoms with Crippen LogP contribution in [0, 0.1) is 0 Å². The monoisotopic (exact) mass is 214 g/mol. The third-order valence-electron chi connectivity index (χ3n) is 2.88. The Morgan fingerprint density at radius 1 is 1.47 bits per heavy atom. The lowest BCUT2D eigenvalue weighted by atomic mass is 9.79. The van der Waals surface area contributed by atoms with E-state index >= 15 is 0 Å². The van der Waals surface area contributed by atoms with Crippen molar-refractivity contribution in [2.24, 2.45) is 0 Å². The summed E-state index contributed by atoms with van der Waals surface area (Å²) in [4.78, 5) is 22.1. The van der Waals surface area contributed by atoms with Gasteiger partial charge in [-0.25, -0.2) is 9.59 Å². The van der Waals surface area contributed by atoms with Crippen LogP contribution in [0.4, 0.5) is 4.79 Å². The smallest absolute Gasteiger partial charge is 0.326 e. The summed E-state index contributed by atoms with van der Waals surface area (Å²) in [5.41, 5.74) is -0.138. The number of hydrogen-bond donors (Lipinski definition) is 3. The summed E-state index contributed by atoms with van der Waals surface area (Å²) < 4.78 is 0. The zero-order chi connectivity index (χ0) is 11.5. The molecule has 0 radical (unpaired) electrons. The molecule has 86 valence electrons. The van der Waals surface area contributed by atoms with E-state index in [0.717, 1.165) is 19.3 Å². The van der Waals surface area contributed by atoms with Crippen molar-refractivity contribution < 1.29 is 14.7 Å². The first-order valence-electron chi connectivity index (χ1n) is 5.28. The van der Waals surface area contributed by atoms with Crippen molar-refractivity contribution >= 4 is 12.0 Å². The van der Waals surface area contributed by atoms with E-state index in [2.05, 4.69) is 10.6 Å². The average molecular weight is 214 g/mol. The van der Waals surface area contributed by atoms with Crippen LogP contribution in [0.5, 0.6) is 0 Å². The maximum Gasteiger partial charge on any atom is 0.326 e. The van der Waals surface area contributed by atoms with Crippen molar-refractivity contribution in [2.75, 3.05) is 0 Å². The van der Waals surface area contributed by atoms with Gasteiger partial charge in [0.15, 0.2) is 0 Å². The number of carbonyl (C=O) groups excluding carboxylic acids is 1. The van der Waals surface area contributed by atoms with Crippen LogP contribution >= 0.6 is 0 Å². The Bertz CT molecular complexity index is 261. The number of carboxylic acids is 1. The van der Waals surface area contributed by atoms with Crippen molar-refractivity contribution in [3.05, 3.63) is 0 Å². The number of carbonyl (C=O) groups is 2. The summed E-state index contributed by atoms with van der Waals surface area (Å²) in [5.74, 6) is -0.994. The van der Waals surface area contributed by atoms with Gasteiger partial charge in [0.25, 0.3) is 0 Å². The summed E-state index contributed by atoms with van der Waals surface area (Å²) >= 11 is 0. The number of aliphatic carboxylic acids is 1. The number of carboxylic acid groups (broad SMARTS) is 1. The topological polar surface area (TPSA) is 78.4 Å². The van der Waals surface area contributed by atoms with E-state index in [-0.39, 0.29) is 11.6 Å². The van der Waals surface area contributed by atoms with Gasteiger partial charge >= 0.3 is 12.0 Å². The van der Waals surface area contributed by atoms with Crippen LogP contribution in [0.1, 0.15) is 39.5 Å². The Morgan fingerprint density at radius 3 is 2.40 bits per heavy atom. The minimum Gasteiger partial charge on any atom is -0.480 e. The summed E-state index contributed by atoms with van der Waals surface area (Å²) in [6, 6.07) is -1.18. The molecule has 0 saturated heterocycles. The molecular weight excluding hydrogens is 196 g/mol. The van der Waals surface area contributed by atoms with Gasteiger partial charge in [-0.05, 0) is 32.6 Å². The molecule has 0 spiro atoms. The molecule has 0 aromatic rings. The van der Waals surface area contributed by atoms with Crippen molar-refractivity contribution in [3.63, 3.8) is 0 Å². The SMILES string of the molecule is CC[C@@H](NC(=O)NC1(C)CCC1)C(=O)O. The van der Waals surface area contributed by atoms with Crippen LogP contribution in [0.25, 0.3) is 0 Å². The van der Waals surface area contributed by atoms with Crippen molar-refractivity contribution in [2.45, 2.75) is 51.1 Å². The molecule has 5 heteroatoms. The van der Waals surface area contributed by atoms with Crippen molar-refractivity contribution in [1.29, 1.82) is 0 Å². The molecule has 2 amide bonds. The minimum atomic E-state index is -0.994. The Kier molecular flexibility index (Phi) is 3.55. The van der Waals surface area contributed by atoms with Crippen LogP contribution in [0.15, 0.2) is 0 Å². The van der Waals surface area contributed by atoms with E-state index in [4.69, 9.17) is 5.11 Å². The fourth-order valence-corrected chi connectivity index (χ4v) is 1.64. The lowest BCUT2D eigenvalue weighted by molar-refractivity contribution is -0.139. The Balaban J connectivity index is 2.37. The van der Waals surface area contributed by atoms with Gasteiger partial charge < -0.3 is 15.7 Å². The number of hydrogen-bond acceptors (Lipinski definition) is 2. The Labute approximate surface area is 89.2 Å². The first-order valence-corrected chi connectivity index (χ1v) is 5.28. The fourth-order valence-electron chi connectivity index (χ4n) is 1.64. The van der Waals surface area contributed by atoms with Gasteiger partial charge in [-0.2, -0.15) is 0 Å². The van der Waals surface area contributed by atoms with Crippen LogP contribution in [0.2, 0.25) is 0 Å². The fraction of sp³-hybridized carbons (Fsp3) is 0.800. The molecule has 1 aliphatic carbocycles. The first-order chi connectivity index (χ1) is 6.97. The first kappa shape index (κ1) is 11.8. The van der Waals surface area contributed by atoms with Crippen LogP contribution < -0.4 is 10.6 Å². The molecule has 1 aliphatic rings. The van der Waals surface area contributed by atoms with E-state index in [1.165, 1.54) is 0 Å². The van der Waals surface area contributed by atoms with Gasteiger partial charge in [-0.1, -0.05) is 6.92 Å². The number of urea groups is 1. The lowest BCUT2D eigenvalue weighted by Gasteiger charge is -2.39. The van der Waals surface area contributed by atoms with E-state index < -0.39 is 12.0 Å². The number of rotatable bonds is 4. The molecular formula is C10H18N2O3. The normalized spacial score (nSPS) is 19.9. The maximum atomic E-state index is 11.4. The summed E-state index contributed by atoms with van der Waals surface area (Å²) in [5, 5.41) is 14.0. The molecule has 0 aromatic carbocycles. The van der Waals surface area contributed by atoms with Gasteiger partial charge in [-0.3, -0.25) is 0 Å². The standard InChI is InChI=1S/C10H18N2O3/c1-3-7(8(13)14)11-9(15)12-10(2)5-4-6-10/h7H,3-6H2,1-2H3,(H,13,14)(H2,11,12,15)/t7-/m1/s1. The molecule has 0 aromatic heterocycles. The second kappa shape index (κ2) is 4.51. The van der Waals surface area contributed by atoms with Gasteiger partial charge in [0.05, 0.1) is 0 Å². The quantitative estimate of drug-likeness (QED) is 0.655. The van der Waals surface area contributed by atoms with Gasteiger partial charge in [0.2, 0.25) is 0 Å². The van der Waals surface area contributed by atoms with Crippen molar-refractivity contribution in [1.82, 2.24) is 10.6 Å². The third-order valence-corrected chi connectivity index (χ3v) is 2.88. The minimum absolute atomic E-state index is 0.138.